The van der Waals surface area contributed by atoms with Crippen LogP contribution in [-0.2, 0) is 6.54 Å². The van der Waals surface area contributed by atoms with Crippen molar-refractivity contribution in [2.75, 3.05) is 27.2 Å². The average molecular weight is 288 g/mol. The fourth-order valence-corrected chi connectivity index (χ4v) is 2.79. The molecule has 0 radical (unpaired) electrons. The maximum atomic E-state index is 10.1. The van der Waals surface area contributed by atoms with E-state index < -0.39 is 0 Å². The second-order valence-corrected chi connectivity index (χ2v) is 5.72. The molecule has 1 saturated heterocycles. The Morgan fingerprint density at radius 3 is 2.62 bits per heavy atom. The van der Waals surface area contributed by atoms with Crippen LogP contribution in [0.15, 0.2) is 24.3 Å². The first-order valence-electron chi connectivity index (χ1n) is 7.03. The third kappa shape index (κ3) is 3.10. The minimum Gasteiger partial charge on any atom is -0.390 e. The van der Waals surface area contributed by atoms with Crippen molar-refractivity contribution in [1.29, 1.82) is 0 Å². The van der Waals surface area contributed by atoms with Gasteiger partial charge in [0.25, 0.3) is 0 Å². The van der Waals surface area contributed by atoms with E-state index in [4.69, 9.17) is 0 Å². The third-order valence-electron chi connectivity index (χ3n) is 3.96. The Balaban J connectivity index is 1.64. The fourth-order valence-electron chi connectivity index (χ4n) is 2.79. The van der Waals surface area contributed by atoms with Crippen LogP contribution in [0.25, 0.3) is 11.4 Å². The average Bonchev–Trinajstić information content (AvgIpc) is 3.09. The zero-order valence-corrected chi connectivity index (χ0v) is 12.3. The summed E-state index contributed by atoms with van der Waals surface area (Å²) in [6.07, 6.45) is -0.279. The van der Waals surface area contributed by atoms with E-state index >= 15 is 0 Å². The van der Waals surface area contributed by atoms with Crippen LogP contribution in [0.2, 0.25) is 0 Å². The Hall–Kier alpha value is -1.83. The lowest BCUT2D eigenvalue weighted by atomic mass is 10.1. The summed E-state index contributed by atoms with van der Waals surface area (Å²) in [5, 5.41) is 24.0. The predicted molar refractivity (Wildman–Crippen MR) is 78.4 cm³/mol. The van der Waals surface area contributed by atoms with Crippen LogP contribution < -0.4 is 0 Å². The van der Waals surface area contributed by atoms with Crippen molar-refractivity contribution in [3.05, 3.63) is 29.8 Å². The van der Waals surface area contributed by atoms with Gasteiger partial charge < -0.3 is 10.0 Å². The summed E-state index contributed by atoms with van der Waals surface area (Å²) in [5.41, 5.74) is 2.16. The molecule has 3 rings (SSSR count). The number of likely N-dealkylation sites (tertiary alicyclic amines) is 1. The number of hydrogen-bond acceptors (Lipinski definition) is 6. The van der Waals surface area contributed by atoms with Crippen LogP contribution in [0.3, 0.4) is 0 Å². The normalized spacial score (nSPS) is 23.0. The summed E-state index contributed by atoms with van der Waals surface area (Å²) in [5.74, 6) is 0.603. The topological polar surface area (TPSA) is 81.2 Å². The molecule has 0 spiro atoms. The molecule has 0 unspecified atom stereocenters. The molecule has 112 valence electrons. The van der Waals surface area contributed by atoms with Gasteiger partial charge in [-0.2, -0.15) is 5.21 Å². The number of nitrogens with zero attached hydrogens (tertiary/aromatic N) is 5. The van der Waals surface area contributed by atoms with Crippen LogP contribution in [0.5, 0.6) is 0 Å². The molecule has 1 fully saturated rings. The van der Waals surface area contributed by atoms with Gasteiger partial charge >= 0.3 is 0 Å². The number of tetrazole rings is 1. The van der Waals surface area contributed by atoms with Crippen LogP contribution >= 0.6 is 0 Å². The molecule has 2 heterocycles. The molecule has 2 N–H and O–H groups in total. The zero-order chi connectivity index (χ0) is 14.8. The molecule has 0 aliphatic carbocycles. The van der Waals surface area contributed by atoms with Gasteiger partial charge in [0.2, 0.25) is 5.82 Å². The second-order valence-electron chi connectivity index (χ2n) is 5.72. The number of hydrogen-bond donors (Lipinski definition) is 2. The SMILES string of the molecule is CN(C)[C@H]1CN(Cc2ccc(-c3nn[nH]n3)cc2)C[C@@H]1O. The molecule has 0 amide bonds. The molecule has 21 heavy (non-hydrogen) atoms. The molecule has 7 heteroatoms. The van der Waals surface area contributed by atoms with Crippen LogP contribution in [0.1, 0.15) is 5.56 Å². The summed E-state index contributed by atoms with van der Waals surface area (Å²) < 4.78 is 0. The lowest BCUT2D eigenvalue weighted by Crippen LogP contribution is -2.37. The molecule has 2 aromatic rings. The Labute approximate surface area is 123 Å². The van der Waals surface area contributed by atoms with Gasteiger partial charge in [0, 0.05) is 31.2 Å². The van der Waals surface area contributed by atoms with E-state index in [2.05, 4.69) is 42.6 Å². The van der Waals surface area contributed by atoms with Gasteiger partial charge in [-0.1, -0.05) is 24.3 Å². The highest BCUT2D eigenvalue weighted by Crippen LogP contribution is 2.19. The summed E-state index contributed by atoms with van der Waals surface area (Å²) in [6.45, 7) is 2.45. The summed E-state index contributed by atoms with van der Waals surface area (Å²) >= 11 is 0. The van der Waals surface area contributed by atoms with E-state index in [1.54, 1.807) is 0 Å². The predicted octanol–water partition coefficient (Wildman–Crippen LogP) is -0.0266. The van der Waals surface area contributed by atoms with Gasteiger partial charge in [-0.05, 0) is 24.9 Å². The monoisotopic (exact) mass is 288 g/mol. The van der Waals surface area contributed by atoms with E-state index in [0.29, 0.717) is 5.82 Å². The van der Waals surface area contributed by atoms with E-state index in [1.165, 1.54) is 5.56 Å². The summed E-state index contributed by atoms with van der Waals surface area (Å²) in [7, 11) is 4.02. The first-order valence-corrected chi connectivity index (χ1v) is 7.03. The van der Waals surface area contributed by atoms with Gasteiger partial charge in [0.1, 0.15) is 0 Å². The van der Waals surface area contributed by atoms with Gasteiger partial charge in [-0.15, -0.1) is 10.2 Å². The highest BCUT2D eigenvalue weighted by atomic mass is 16.3. The van der Waals surface area contributed by atoms with E-state index in [9.17, 15) is 5.11 Å². The molecule has 1 aromatic carbocycles. The molecule has 1 aromatic heterocycles. The second kappa shape index (κ2) is 5.88. The lowest BCUT2D eigenvalue weighted by Gasteiger charge is -2.21. The number of aromatic nitrogens is 4. The Morgan fingerprint density at radius 1 is 1.29 bits per heavy atom. The molecule has 1 aliphatic rings. The van der Waals surface area contributed by atoms with Crippen LogP contribution in [0.4, 0.5) is 0 Å². The largest absolute Gasteiger partial charge is 0.390 e. The molecule has 1 aliphatic heterocycles. The highest BCUT2D eigenvalue weighted by Gasteiger charge is 2.32. The van der Waals surface area contributed by atoms with Gasteiger partial charge in [0.15, 0.2) is 0 Å². The zero-order valence-electron chi connectivity index (χ0n) is 12.3. The molecular weight excluding hydrogens is 268 g/mol. The Bertz CT molecular complexity index is 568. The standard InChI is InChI=1S/C14H20N6O/c1-19(2)12-8-20(9-13(12)21)7-10-3-5-11(6-4-10)14-15-17-18-16-14/h3-6,12-13,21H,7-9H2,1-2H3,(H,15,16,17,18)/t12-,13-/m0/s1. The summed E-state index contributed by atoms with van der Waals surface area (Å²) in [6, 6.07) is 8.34. The number of aliphatic hydroxyl groups excluding tert-OH is 1. The van der Waals surface area contributed by atoms with Crippen molar-refractivity contribution in [3.63, 3.8) is 0 Å². The molecule has 7 nitrogen and oxygen atoms in total. The van der Waals surface area contributed by atoms with Gasteiger partial charge in [-0.3, -0.25) is 4.90 Å². The number of likely N-dealkylation sites (N-methyl/N-ethyl adjacent to an activating group) is 1. The number of H-pyrrole nitrogens is 1. The minimum atomic E-state index is -0.279. The van der Waals surface area contributed by atoms with E-state index in [0.717, 1.165) is 25.2 Å². The number of rotatable bonds is 4. The van der Waals surface area contributed by atoms with Crippen molar-refractivity contribution < 1.29 is 5.11 Å². The van der Waals surface area contributed by atoms with Crippen LogP contribution in [-0.4, -0.2) is 74.9 Å². The molecule has 0 saturated carbocycles. The lowest BCUT2D eigenvalue weighted by molar-refractivity contribution is 0.112. The maximum absolute atomic E-state index is 10.1. The Kier molecular flexibility index (Phi) is 3.96. The summed E-state index contributed by atoms with van der Waals surface area (Å²) in [4.78, 5) is 4.36. The molecule has 0 bridgehead atoms. The van der Waals surface area contributed by atoms with Crippen molar-refractivity contribution in [2.24, 2.45) is 0 Å². The first-order chi connectivity index (χ1) is 10.1. The highest BCUT2D eigenvalue weighted by molar-refractivity contribution is 5.54. The van der Waals surface area contributed by atoms with Crippen LogP contribution in [0, 0.1) is 0 Å². The third-order valence-corrected chi connectivity index (χ3v) is 3.96. The fraction of sp³-hybridized carbons (Fsp3) is 0.500. The number of aliphatic hydroxyl groups is 1. The van der Waals surface area contributed by atoms with Crippen molar-refractivity contribution in [2.45, 2.75) is 18.7 Å². The van der Waals surface area contributed by atoms with Crippen molar-refractivity contribution in [3.8, 4) is 11.4 Å². The Morgan fingerprint density at radius 2 is 2.05 bits per heavy atom. The number of benzene rings is 1. The van der Waals surface area contributed by atoms with Crippen molar-refractivity contribution >= 4 is 0 Å². The first kappa shape index (κ1) is 14.1. The quantitative estimate of drug-likeness (QED) is 0.822. The number of aromatic amines is 1. The van der Waals surface area contributed by atoms with Gasteiger partial charge in [0.05, 0.1) is 6.10 Å². The smallest absolute Gasteiger partial charge is 0.204 e. The molecular formula is C14H20N6O. The molecule has 2 atom stereocenters. The van der Waals surface area contributed by atoms with E-state index in [-0.39, 0.29) is 12.1 Å². The minimum absolute atomic E-state index is 0.212. The number of β-amino-alcohol motifs (C(OH)–C–C–N with tert-alkyl or cyclic N) is 1. The maximum Gasteiger partial charge on any atom is 0.204 e. The van der Waals surface area contributed by atoms with Crippen molar-refractivity contribution in [1.82, 2.24) is 30.4 Å². The van der Waals surface area contributed by atoms with Gasteiger partial charge in [-0.25, -0.2) is 0 Å². The van der Waals surface area contributed by atoms with E-state index in [1.807, 2.05) is 26.2 Å². The number of nitrogens with one attached hydrogen (secondary N) is 1.